The van der Waals surface area contributed by atoms with Gasteiger partial charge in [0.05, 0.1) is 11.5 Å². The maximum Gasteiger partial charge on any atom is 0.143 e. The Morgan fingerprint density at radius 1 is 1.62 bits per heavy atom. The summed E-state index contributed by atoms with van der Waals surface area (Å²) in [6.07, 6.45) is 0. The van der Waals surface area contributed by atoms with Crippen LogP contribution in [0.15, 0.2) is 0 Å². The van der Waals surface area contributed by atoms with Crippen LogP contribution in [0.25, 0.3) is 0 Å². The van der Waals surface area contributed by atoms with Crippen LogP contribution in [0.2, 0.25) is 0 Å². The Morgan fingerprint density at radius 2 is 2.25 bits per heavy atom. The van der Waals surface area contributed by atoms with Crippen LogP contribution in [0.5, 0.6) is 0 Å². The molecule has 4 fully saturated rings. The molecule has 38 valence electrons. The van der Waals surface area contributed by atoms with E-state index < -0.39 is 0 Å². The number of carbonyl (C=O) groups is 1. The molecule has 0 N–H and O–H groups in total. The molecular weight excluding hydrogens is 102 g/mol. The van der Waals surface area contributed by atoms with Crippen LogP contribution in [0.3, 0.4) is 0 Å². The van der Waals surface area contributed by atoms with Gasteiger partial charge in [-0.25, -0.2) is 0 Å². The largest absolute Gasteiger partial charge is 0.299 e. The molecule has 8 heavy (non-hydrogen) atoms. The van der Waals surface area contributed by atoms with Crippen LogP contribution in [-0.2, 0) is 4.79 Å². The van der Waals surface area contributed by atoms with Crippen molar-refractivity contribution >= 4 is 5.78 Å². The van der Waals surface area contributed by atoms with Gasteiger partial charge in [-0.1, -0.05) is 0 Å². The lowest BCUT2D eigenvalue weighted by molar-refractivity contribution is -0.134. The number of hydrogen-bond acceptors (Lipinski definition) is 2. The fraction of sp³-hybridized carbons (Fsp3) is 0.667. The van der Waals surface area contributed by atoms with Crippen molar-refractivity contribution in [2.24, 2.45) is 23.2 Å². The molecule has 2 atom stereocenters. The van der Waals surface area contributed by atoms with Gasteiger partial charge >= 0.3 is 0 Å². The van der Waals surface area contributed by atoms with Crippen molar-refractivity contribution in [3.63, 3.8) is 0 Å². The Bertz CT molecular complexity index is 236. The Labute approximate surface area is 46.1 Å². The fourth-order valence-electron chi connectivity index (χ4n) is 2.15. The minimum absolute atomic E-state index is 0.0584. The van der Waals surface area contributed by atoms with Gasteiger partial charge in [0, 0.05) is 17.8 Å². The third-order valence-corrected chi connectivity index (χ3v) is 2.89. The lowest BCUT2D eigenvalue weighted by Gasteiger charge is -2.23. The first-order valence-electron chi connectivity index (χ1n) is 2.79. The van der Waals surface area contributed by atoms with Crippen LogP contribution < -0.4 is 0 Å². The van der Waals surface area contributed by atoms with Crippen LogP contribution >= 0.6 is 0 Å². The van der Waals surface area contributed by atoms with Crippen molar-refractivity contribution < 1.29 is 4.79 Å². The Hall–Kier alpha value is -0.840. The van der Waals surface area contributed by atoms with E-state index in [1.54, 1.807) is 0 Å². The predicted octanol–water partition coefficient (Wildman–Crippen LogP) is -0.0451. The highest BCUT2D eigenvalue weighted by Gasteiger charge is 3.02. The molecule has 4 rings (SSSR count). The van der Waals surface area contributed by atoms with Gasteiger partial charge in [0.15, 0.2) is 0 Å². The topological polar surface area (TPSA) is 40.9 Å². The van der Waals surface area contributed by atoms with E-state index in [-0.39, 0.29) is 17.3 Å². The van der Waals surface area contributed by atoms with Crippen molar-refractivity contribution in [2.45, 2.75) is 0 Å². The highest BCUT2D eigenvalue weighted by atomic mass is 16.1. The van der Waals surface area contributed by atoms with E-state index in [1.165, 1.54) is 0 Å². The minimum atomic E-state index is -0.0584. The summed E-state index contributed by atoms with van der Waals surface area (Å²) in [5.74, 6) is 1.34. The number of Topliss-reactive ketones (excluding diaryl/α,β-unsaturated/α-hetero) is 1. The molecule has 0 heterocycles. The summed E-state index contributed by atoms with van der Waals surface area (Å²) in [4.78, 5) is 10.5. The van der Waals surface area contributed by atoms with E-state index in [0.717, 1.165) is 0 Å². The summed E-state index contributed by atoms with van der Waals surface area (Å²) in [7, 11) is 0. The molecule has 2 unspecified atom stereocenters. The summed E-state index contributed by atoms with van der Waals surface area (Å²) in [5, 5.41) is 8.42. The first-order valence-corrected chi connectivity index (χ1v) is 2.79. The molecule has 0 aromatic carbocycles. The molecular formula is C6H3NO. The van der Waals surface area contributed by atoms with Crippen LogP contribution in [0.4, 0.5) is 0 Å². The molecule has 0 aromatic heterocycles. The summed E-state index contributed by atoms with van der Waals surface area (Å²) >= 11 is 0. The number of carbonyl (C=O) groups excluding carboxylic acids is 1. The highest BCUT2D eigenvalue weighted by molar-refractivity contribution is 6.09. The second-order valence-corrected chi connectivity index (χ2v) is 2.93. The smallest absolute Gasteiger partial charge is 0.143 e. The lowest BCUT2D eigenvalue weighted by Crippen LogP contribution is -2.36. The zero-order valence-electron chi connectivity index (χ0n) is 4.09. The summed E-state index contributed by atoms with van der Waals surface area (Å²) < 4.78 is 0. The van der Waals surface area contributed by atoms with E-state index in [9.17, 15) is 4.79 Å². The number of hydrogen-bond donors (Lipinski definition) is 0. The van der Waals surface area contributed by atoms with Gasteiger partial charge in [0.1, 0.15) is 5.78 Å². The van der Waals surface area contributed by atoms with Crippen LogP contribution in [-0.4, -0.2) is 5.78 Å². The zero-order valence-corrected chi connectivity index (χ0v) is 4.09. The van der Waals surface area contributed by atoms with Crippen molar-refractivity contribution in [3.05, 3.63) is 0 Å². The van der Waals surface area contributed by atoms with E-state index in [4.69, 9.17) is 5.26 Å². The minimum Gasteiger partial charge on any atom is -0.299 e. The molecule has 2 heteroatoms. The second kappa shape index (κ2) is 0.497. The average molecular weight is 105 g/mol. The van der Waals surface area contributed by atoms with E-state index in [2.05, 4.69) is 6.07 Å². The third-order valence-electron chi connectivity index (χ3n) is 2.89. The van der Waals surface area contributed by atoms with Crippen molar-refractivity contribution in [2.75, 3.05) is 0 Å². The maximum atomic E-state index is 10.5. The van der Waals surface area contributed by atoms with Crippen LogP contribution in [0, 0.1) is 34.5 Å². The Kier molecular flexibility index (Phi) is 0.201. The fourth-order valence-corrected chi connectivity index (χ4v) is 2.15. The van der Waals surface area contributed by atoms with Gasteiger partial charge in [0.2, 0.25) is 0 Å². The van der Waals surface area contributed by atoms with E-state index >= 15 is 0 Å². The SMILES string of the molecule is N#CC12C3C(=O)C1C32. The second-order valence-electron chi connectivity index (χ2n) is 2.93. The molecule has 0 radical (unpaired) electrons. The molecule has 4 aliphatic carbocycles. The molecule has 0 amide bonds. The van der Waals surface area contributed by atoms with Gasteiger partial charge < -0.3 is 0 Å². The quantitative estimate of drug-likeness (QED) is 0.433. The molecule has 0 saturated heterocycles. The number of ketones is 1. The van der Waals surface area contributed by atoms with Gasteiger partial charge in [-0.3, -0.25) is 4.79 Å². The molecule has 4 saturated carbocycles. The van der Waals surface area contributed by atoms with Crippen molar-refractivity contribution in [3.8, 4) is 6.07 Å². The van der Waals surface area contributed by atoms with Gasteiger partial charge in [-0.05, 0) is 0 Å². The molecule has 0 aliphatic heterocycles. The first kappa shape index (κ1) is 3.24. The summed E-state index contributed by atoms with van der Waals surface area (Å²) in [5.41, 5.74) is -0.0584. The maximum absolute atomic E-state index is 10.5. The molecule has 0 spiro atoms. The summed E-state index contributed by atoms with van der Waals surface area (Å²) in [6.45, 7) is 0. The van der Waals surface area contributed by atoms with E-state index in [1.807, 2.05) is 0 Å². The third kappa shape index (κ3) is 0.0863. The first-order chi connectivity index (χ1) is 3.84. The Morgan fingerprint density at radius 3 is 2.38 bits per heavy atom. The van der Waals surface area contributed by atoms with Crippen molar-refractivity contribution in [1.29, 1.82) is 5.26 Å². The highest BCUT2D eigenvalue weighted by Crippen LogP contribution is 2.94. The molecule has 2 bridgehead atoms. The van der Waals surface area contributed by atoms with Crippen LogP contribution in [0.1, 0.15) is 0 Å². The van der Waals surface area contributed by atoms with Gasteiger partial charge in [-0.2, -0.15) is 5.26 Å². The zero-order chi connectivity index (χ0) is 5.52. The monoisotopic (exact) mass is 105 g/mol. The average Bonchev–Trinajstić information content (AvgIpc) is 2.45. The molecule has 2 nitrogen and oxygen atoms in total. The normalized spacial score (nSPS) is 69.9. The molecule has 0 aromatic rings. The summed E-state index contributed by atoms with van der Waals surface area (Å²) in [6, 6.07) is 2.20. The number of nitrogens with zero attached hydrogens (tertiary/aromatic N) is 1. The predicted molar refractivity (Wildman–Crippen MR) is 23.5 cm³/mol. The standard InChI is InChI=1S/C6H3NO/c7-1-6-2-3(6)5(8)4(2)6/h2-4H. The molecule has 4 aliphatic rings. The number of nitriles is 1. The van der Waals surface area contributed by atoms with Gasteiger partial charge in [-0.15, -0.1) is 0 Å². The Balaban J connectivity index is 2.14. The van der Waals surface area contributed by atoms with Crippen molar-refractivity contribution in [1.82, 2.24) is 0 Å². The van der Waals surface area contributed by atoms with E-state index in [0.29, 0.717) is 11.7 Å². The number of rotatable bonds is 0. The lowest BCUT2D eigenvalue weighted by atomic mass is 9.75. The van der Waals surface area contributed by atoms with Gasteiger partial charge in [0.25, 0.3) is 0 Å².